The molecule has 5 rings (SSSR count). The van der Waals surface area contributed by atoms with E-state index in [1.165, 1.54) is 30.4 Å². The fourth-order valence-electron chi connectivity index (χ4n) is 5.79. The Kier molecular flexibility index (Phi) is 7.79. The van der Waals surface area contributed by atoms with Gasteiger partial charge in [0.1, 0.15) is 0 Å². The molecule has 194 valence electrons. The van der Waals surface area contributed by atoms with Gasteiger partial charge >= 0.3 is 0 Å². The van der Waals surface area contributed by atoms with Gasteiger partial charge in [-0.1, -0.05) is 76.4 Å². The monoisotopic (exact) mass is 498 g/mol. The summed E-state index contributed by atoms with van der Waals surface area (Å²) in [6, 6.07) is 19.1. The molecule has 37 heavy (non-hydrogen) atoms. The van der Waals surface area contributed by atoms with Crippen LogP contribution in [0.2, 0.25) is 0 Å². The molecule has 0 radical (unpaired) electrons. The van der Waals surface area contributed by atoms with Crippen molar-refractivity contribution in [2.45, 2.75) is 84.5 Å². The first-order valence-electron chi connectivity index (χ1n) is 13.7. The highest BCUT2D eigenvalue weighted by Gasteiger charge is 2.32. The third kappa shape index (κ3) is 5.67. The molecule has 7 nitrogen and oxygen atoms in total. The van der Waals surface area contributed by atoms with Gasteiger partial charge in [-0.25, -0.2) is 4.68 Å². The van der Waals surface area contributed by atoms with Crippen LogP contribution in [0.25, 0.3) is 10.9 Å². The van der Waals surface area contributed by atoms with Crippen molar-refractivity contribution < 1.29 is 0 Å². The molecule has 1 atom stereocenters. The summed E-state index contributed by atoms with van der Waals surface area (Å²) in [6.45, 7) is 7.81. The summed E-state index contributed by atoms with van der Waals surface area (Å²) in [4.78, 5) is 18.7. The molecule has 2 aromatic carbocycles. The number of pyridine rings is 1. The lowest BCUT2D eigenvalue weighted by atomic mass is 9.94. The van der Waals surface area contributed by atoms with E-state index in [0.717, 1.165) is 41.6 Å². The van der Waals surface area contributed by atoms with Crippen molar-refractivity contribution in [3.05, 3.63) is 87.5 Å². The van der Waals surface area contributed by atoms with Gasteiger partial charge in [0.05, 0.1) is 12.1 Å². The standard InChI is InChI=1S/C30H38N6O/c1-4-22-15-16-27-24(17-22)18-25(30(37)31-27)20-35(19-23-11-7-5-8-12-23)28(21(2)3)29-32-33-34-36(29)26-13-9-6-10-14-26/h5,7-8,11-12,15-18,21,26,28H,4,6,9-10,13-14,19-20H2,1-3H3,(H,31,37)/t28-/m0/s1. The van der Waals surface area contributed by atoms with E-state index in [1.54, 1.807) is 0 Å². The van der Waals surface area contributed by atoms with Crippen molar-refractivity contribution >= 4 is 10.9 Å². The maximum Gasteiger partial charge on any atom is 0.252 e. The predicted octanol–water partition coefficient (Wildman–Crippen LogP) is 5.98. The first-order chi connectivity index (χ1) is 18.0. The van der Waals surface area contributed by atoms with Gasteiger partial charge in [-0.05, 0) is 70.3 Å². The van der Waals surface area contributed by atoms with E-state index in [4.69, 9.17) is 0 Å². The minimum Gasteiger partial charge on any atom is -0.322 e. The van der Waals surface area contributed by atoms with Gasteiger partial charge in [0, 0.05) is 24.2 Å². The lowest BCUT2D eigenvalue weighted by Crippen LogP contribution is -2.36. The lowest BCUT2D eigenvalue weighted by molar-refractivity contribution is 0.121. The average molecular weight is 499 g/mol. The Morgan fingerprint density at radius 1 is 1.00 bits per heavy atom. The normalized spacial score (nSPS) is 15.6. The van der Waals surface area contributed by atoms with Gasteiger partial charge in [-0.2, -0.15) is 0 Å². The van der Waals surface area contributed by atoms with E-state index in [0.29, 0.717) is 19.1 Å². The van der Waals surface area contributed by atoms with Crippen molar-refractivity contribution in [2.75, 3.05) is 0 Å². The average Bonchev–Trinajstić information content (AvgIpc) is 3.39. The van der Waals surface area contributed by atoms with Crippen LogP contribution in [0.1, 0.15) is 87.5 Å². The van der Waals surface area contributed by atoms with Crippen LogP contribution in [0.3, 0.4) is 0 Å². The van der Waals surface area contributed by atoms with Crippen molar-refractivity contribution in [3.8, 4) is 0 Å². The molecular formula is C30H38N6O. The van der Waals surface area contributed by atoms with Crippen molar-refractivity contribution in [1.29, 1.82) is 0 Å². The molecule has 4 aromatic rings. The summed E-state index contributed by atoms with van der Waals surface area (Å²) in [6.07, 6.45) is 6.92. The molecule has 2 heterocycles. The van der Waals surface area contributed by atoms with E-state index in [1.807, 2.05) is 12.1 Å². The summed E-state index contributed by atoms with van der Waals surface area (Å²) in [5.74, 6) is 1.16. The highest BCUT2D eigenvalue weighted by atomic mass is 16.1. The number of hydrogen-bond donors (Lipinski definition) is 1. The van der Waals surface area contributed by atoms with E-state index in [2.05, 4.69) is 93.3 Å². The van der Waals surface area contributed by atoms with Crippen LogP contribution in [0, 0.1) is 5.92 Å². The van der Waals surface area contributed by atoms with Crippen molar-refractivity contribution in [3.63, 3.8) is 0 Å². The molecule has 7 heteroatoms. The number of tetrazole rings is 1. The van der Waals surface area contributed by atoms with Crippen molar-refractivity contribution in [1.82, 2.24) is 30.1 Å². The van der Waals surface area contributed by atoms with Crippen LogP contribution in [0.15, 0.2) is 59.4 Å². The van der Waals surface area contributed by atoms with Crippen LogP contribution in [0.4, 0.5) is 0 Å². The number of hydrogen-bond acceptors (Lipinski definition) is 5. The van der Waals surface area contributed by atoms with E-state index >= 15 is 0 Å². The molecule has 1 saturated carbocycles. The highest BCUT2D eigenvalue weighted by molar-refractivity contribution is 5.79. The first-order valence-corrected chi connectivity index (χ1v) is 13.7. The Morgan fingerprint density at radius 2 is 1.78 bits per heavy atom. The predicted molar refractivity (Wildman–Crippen MR) is 147 cm³/mol. The van der Waals surface area contributed by atoms with E-state index in [9.17, 15) is 4.79 Å². The molecule has 1 N–H and O–H groups in total. The van der Waals surface area contributed by atoms with Gasteiger partial charge in [-0.3, -0.25) is 9.69 Å². The zero-order chi connectivity index (χ0) is 25.8. The number of benzene rings is 2. The van der Waals surface area contributed by atoms with Crippen LogP contribution in [-0.2, 0) is 19.5 Å². The quantitative estimate of drug-likeness (QED) is 0.307. The molecule has 0 aliphatic heterocycles. The Bertz CT molecular complexity index is 1370. The fourth-order valence-corrected chi connectivity index (χ4v) is 5.79. The third-order valence-corrected chi connectivity index (χ3v) is 7.72. The number of rotatable bonds is 9. The lowest BCUT2D eigenvalue weighted by Gasteiger charge is -2.35. The van der Waals surface area contributed by atoms with Gasteiger partial charge in [0.25, 0.3) is 5.56 Å². The van der Waals surface area contributed by atoms with E-state index < -0.39 is 0 Å². The summed E-state index contributed by atoms with van der Waals surface area (Å²) in [5.41, 5.74) is 4.07. The third-order valence-electron chi connectivity index (χ3n) is 7.72. The molecule has 0 saturated heterocycles. The molecular weight excluding hydrogens is 460 g/mol. The maximum atomic E-state index is 13.2. The number of nitrogens with one attached hydrogen (secondary N) is 1. The van der Waals surface area contributed by atoms with Gasteiger partial charge < -0.3 is 4.98 Å². The Morgan fingerprint density at radius 3 is 2.51 bits per heavy atom. The fraction of sp³-hybridized carbons (Fsp3) is 0.467. The molecule has 0 unspecified atom stereocenters. The molecule has 1 aliphatic rings. The summed E-state index contributed by atoms with van der Waals surface area (Å²) in [5, 5.41) is 14.3. The number of aryl methyl sites for hydroxylation is 1. The van der Waals surface area contributed by atoms with Crippen LogP contribution in [0.5, 0.6) is 0 Å². The first kappa shape index (κ1) is 25.3. The molecule has 0 bridgehead atoms. The van der Waals surface area contributed by atoms with Gasteiger partial charge in [0.15, 0.2) is 5.82 Å². The van der Waals surface area contributed by atoms with Gasteiger partial charge in [-0.15, -0.1) is 5.10 Å². The summed E-state index contributed by atoms with van der Waals surface area (Å²) < 4.78 is 2.08. The van der Waals surface area contributed by atoms with Gasteiger partial charge in [0.2, 0.25) is 0 Å². The number of aromatic amines is 1. The molecule has 2 aromatic heterocycles. The Hall–Kier alpha value is -3.32. The van der Waals surface area contributed by atoms with Crippen LogP contribution < -0.4 is 5.56 Å². The smallest absolute Gasteiger partial charge is 0.252 e. The summed E-state index contributed by atoms with van der Waals surface area (Å²) >= 11 is 0. The number of aromatic nitrogens is 5. The zero-order valence-electron chi connectivity index (χ0n) is 22.2. The number of nitrogens with zero attached hydrogens (tertiary/aromatic N) is 5. The second kappa shape index (κ2) is 11.4. The number of fused-ring (bicyclic) bond motifs is 1. The molecule has 0 amide bonds. The maximum absolute atomic E-state index is 13.2. The second-order valence-electron chi connectivity index (χ2n) is 10.8. The molecule has 0 spiro atoms. The zero-order valence-corrected chi connectivity index (χ0v) is 22.2. The topological polar surface area (TPSA) is 79.7 Å². The highest BCUT2D eigenvalue weighted by Crippen LogP contribution is 2.34. The van der Waals surface area contributed by atoms with E-state index in [-0.39, 0.29) is 17.5 Å². The second-order valence-corrected chi connectivity index (χ2v) is 10.8. The number of H-pyrrole nitrogens is 1. The Labute approximate surface area is 218 Å². The summed E-state index contributed by atoms with van der Waals surface area (Å²) in [7, 11) is 0. The molecule has 1 aliphatic carbocycles. The minimum atomic E-state index is -0.0378. The SMILES string of the molecule is CCc1ccc2[nH]c(=O)c(CN(Cc3ccccc3)[C@H](c3nnnn3C3CCCCC3)C(C)C)cc2c1. The molecule has 1 fully saturated rings. The minimum absolute atomic E-state index is 0.0331. The largest absolute Gasteiger partial charge is 0.322 e. The van der Waals surface area contributed by atoms with Crippen LogP contribution in [-0.4, -0.2) is 30.1 Å². The Balaban J connectivity index is 1.55. The van der Waals surface area contributed by atoms with Crippen LogP contribution >= 0.6 is 0 Å². The van der Waals surface area contributed by atoms with Crippen molar-refractivity contribution in [2.24, 2.45) is 5.92 Å².